The van der Waals surface area contributed by atoms with E-state index in [1.54, 1.807) is 6.07 Å². The molecular formula is C15H21Cl2NO2. The molecule has 0 aliphatic carbocycles. The molecule has 2 unspecified atom stereocenters. The van der Waals surface area contributed by atoms with Gasteiger partial charge in [0, 0.05) is 16.6 Å². The number of aryl methyl sites for hydroxylation is 1. The van der Waals surface area contributed by atoms with Gasteiger partial charge in [0.1, 0.15) is 0 Å². The minimum Gasteiger partial charge on any atom is -0.481 e. The number of halogens is 2. The van der Waals surface area contributed by atoms with Crippen LogP contribution >= 0.6 is 23.2 Å². The highest BCUT2D eigenvalue weighted by atomic mass is 35.5. The summed E-state index contributed by atoms with van der Waals surface area (Å²) < 4.78 is 0. The zero-order valence-corrected chi connectivity index (χ0v) is 13.1. The smallest absolute Gasteiger partial charge is 0.307 e. The van der Waals surface area contributed by atoms with Gasteiger partial charge in [0.15, 0.2) is 0 Å². The second-order valence-electron chi connectivity index (χ2n) is 5.24. The fourth-order valence-corrected chi connectivity index (χ4v) is 2.77. The van der Waals surface area contributed by atoms with E-state index in [0.29, 0.717) is 22.4 Å². The van der Waals surface area contributed by atoms with Crippen LogP contribution in [0.15, 0.2) is 18.2 Å². The van der Waals surface area contributed by atoms with E-state index in [1.165, 1.54) is 0 Å². The lowest BCUT2D eigenvalue weighted by molar-refractivity contribution is -0.141. The summed E-state index contributed by atoms with van der Waals surface area (Å²) in [4.78, 5) is 10.9. The molecule has 0 heterocycles. The van der Waals surface area contributed by atoms with Gasteiger partial charge in [-0.15, -0.1) is 0 Å². The number of nitrogens with two attached hydrogens (primary N) is 1. The molecule has 0 aliphatic rings. The first-order chi connectivity index (χ1) is 9.43. The van der Waals surface area contributed by atoms with Crippen LogP contribution in [0.5, 0.6) is 0 Å². The van der Waals surface area contributed by atoms with E-state index >= 15 is 0 Å². The summed E-state index contributed by atoms with van der Waals surface area (Å²) in [6.45, 7) is 2.26. The number of rotatable bonds is 8. The number of benzene rings is 1. The maximum Gasteiger partial charge on any atom is 0.307 e. The van der Waals surface area contributed by atoms with Crippen molar-refractivity contribution in [3.63, 3.8) is 0 Å². The molecule has 0 aromatic heterocycles. The predicted octanol–water partition coefficient (Wildman–Crippen LogP) is 4.00. The van der Waals surface area contributed by atoms with Crippen molar-refractivity contribution in [1.29, 1.82) is 0 Å². The predicted molar refractivity (Wildman–Crippen MR) is 83.4 cm³/mol. The Balaban J connectivity index is 2.38. The number of hydrogen-bond acceptors (Lipinski definition) is 2. The third kappa shape index (κ3) is 5.70. The molecule has 1 rings (SSSR count). The van der Waals surface area contributed by atoms with E-state index in [-0.39, 0.29) is 6.54 Å². The molecule has 1 aromatic rings. The molecule has 3 N–H and O–H groups in total. The summed E-state index contributed by atoms with van der Waals surface area (Å²) in [5.41, 5.74) is 6.55. The fourth-order valence-electron chi connectivity index (χ4n) is 2.27. The van der Waals surface area contributed by atoms with Gasteiger partial charge in [0.05, 0.1) is 5.92 Å². The normalized spacial score (nSPS) is 14.0. The lowest BCUT2D eigenvalue weighted by atomic mass is 9.91. The van der Waals surface area contributed by atoms with Crippen molar-refractivity contribution < 1.29 is 9.90 Å². The molecular weight excluding hydrogens is 297 g/mol. The van der Waals surface area contributed by atoms with Crippen molar-refractivity contribution in [3.05, 3.63) is 33.8 Å². The van der Waals surface area contributed by atoms with E-state index in [1.807, 2.05) is 12.1 Å². The second kappa shape index (κ2) is 8.50. The molecule has 0 saturated carbocycles. The van der Waals surface area contributed by atoms with Crippen LogP contribution in [-0.4, -0.2) is 17.6 Å². The molecule has 0 bridgehead atoms. The summed E-state index contributed by atoms with van der Waals surface area (Å²) in [5, 5.41) is 10.3. The number of carboxylic acids is 1. The van der Waals surface area contributed by atoms with Crippen LogP contribution < -0.4 is 5.73 Å². The SMILES string of the molecule is CC(CCCc1ccc(Cl)cc1Cl)CC(CN)C(=O)O. The highest BCUT2D eigenvalue weighted by Gasteiger charge is 2.18. The fraction of sp³-hybridized carbons (Fsp3) is 0.533. The summed E-state index contributed by atoms with van der Waals surface area (Å²) in [6, 6.07) is 5.52. The molecule has 20 heavy (non-hydrogen) atoms. The van der Waals surface area contributed by atoms with Crippen molar-refractivity contribution in [3.8, 4) is 0 Å². The maximum absolute atomic E-state index is 10.9. The summed E-state index contributed by atoms with van der Waals surface area (Å²) in [6.07, 6.45) is 3.43. The second-order valence-corrected chi connectivity index (χ2v) is 6.08. The largest absolute Gasteiger partial charge is 0.481 e. The molecule has 112 valence electrons. The van der Waals surface area contributed by atoms with Crippen LogP contribution in [0.3, 0.4) is 0 Å². The quantitative estimate of drug-likeness (QED) is 0.761. The lowest BCUT2D eigenvalue weighted by Gasteiger charge is -2.16. The minimum atomic E-state index is -0.805. The van der Waals surface area contributed by atoms with E-state index in [2.05, 4.69) is 6.92 Å². The number of aliphatic carboxylic acids is 1. The average Bonchev–Trinajstić information content (AvgIpc) is 2.38. The lowest BCUT2D eigenvalue weighted by Crippen LogP contribution is -2.25. The highest BCUT2D eigenvalue weighted by Crippen LogP contribution is 2.24. The van der Waals surface area contributed by atoms with Crippen molar-refractivity contribution in [2.24, 2.45) is 17.6 Å². The molecule has 0 spiro atoms. The van der Waals surface area contributed by atoms with Crippen LogP contribution in [0.2, 0.25) is 10.0 Å². The number of carboxylic acid groups (broad SMARTS) is 1. The number of hydrogen-bond donors (Lipinski definition) is 2. The minimum absolute atomic E-state index is 0.197. The number of carbonyl (C=O) groups is 1. The Hall–Kier alpha value is -0.770. The van der Waals surface area contributed by atoms with Gasteiger partial charge in [-0.1, -0.05) is 42.6 Å². The summed E-state index contributed by atoms with van der Waals surface area (Å²) in [7, 11) is 0. The van der Waals surface area contributed by atoms with Gasteiger partial charge in [-0.3, -0.25) is 4.79 Å². The van der Waals surface area contributed by atoms with Crippen molar-refractivity contribution >= 4 is 29.2 Å². The van der Waals surface area contributed by atoms with Crippen molar-refractivity contribution in [2.75, 3.05) is 6.54 Å². The maximum atomic E-state index is 10.9. The van der Waals surface area contributed by atoms with Crippen molar-refractivity contribution in [2.45, 2.75) is 32.6 Å². The molecule has 0 saturated heterocycles. The van der Waals surface area contributed by atoms with Crippen LogP contribution in [0, 0.1) is 11.8 Å². The molecule has 1 aromatic carbocycles. The van der Waals surface area contributed by atoms with Crippen LogP contribution in [-0.2, 0) is 11.2 Å². The molecule has 2 atom stereocenters. The third-order valence-electron chi connectivity index (χ3n) is 3.48. The first-order valence-electron chi connectivity index (χ1n) is 6.80. The third-order valence-corrected chi connectivity index (χ3v) is 4.07. The Labute approximate surface area is 130 Å². The van der Waals surface area contributed by atoms with Gasteiger partial charge in [-0.2, -0.15) is 0 Å². The molecule has 0 radical (unpaired) electrons. The van der Waals surface area contributed by atoms with E-state index in [4.69, 9.17) is 34.0 Å². The van der Waals surface area contributed by atoms with Gasteiger partial charge in [-0.05, 0) is 42.9 Å². The molecule has 0 aliphatic heterocycles. The standard InChI is InChI=1S/C15H21Cl2NO2/c1-10(7-12(9-18)15(19)20)3-2-4-11-5-6-13(16)8-14(11)17/h5-6,8,10,12H,2-4,7,9,18H2,1H3,(H,19,20). The monoisotopic (exact) mass is 317 g/mol. The van der Waals surface area contributed by atoms with Gasteiger partial charge < -0.3 is 10.8 Å². The highest BCUT2D eigenvalue weighted by molar-refractivity contribution is 6.35. The first-order valence-corrected chi connectivity index (χ1v) is 7.56. The van der Waals surface area contributed by atoms with Gasteiger partial charge in [-0.25, -0.2) is 0 Å². The van der Waals surface area contributed by atoms with Crippen molar-refractivity contribution in [1.82, 2.24) is 0 Å². The zero-order chi connectivity index (χ0) is 15.1. The Bertz CT molecular complexity index is 451. The Morgan fingerprint density at radius 1 is 1.40 bits per heavy atom. The summed E-state index contributed by atoms with van der Waals surface area (Å²) >= 11 is 12.0. The van der Waals surface area contributed by atoms with Crippen LogP contribution in [0.1, 0.15) is 31.7 Å². The van der Waals surface area contributed by atoms with E-state index < -0.39 is 11.9 Å². The van der Waals surface area contributed by atoms with Crippen LogP contribution in [0.25, 0.3) is 0 Å². The zero-order valence-electron chi connectivity index (χ0n) is 11.6. The topological polar surface area (TPSA) is 63.3 Å². The summed E-state index contributed by atoms with van der Waals surface area (Å²) in [5.74, 6) is -0.907. The van der Waals surface area contributed by atoms with Gasteiger partial charge in [0.25, 0.3) is 0 Å². The van der Waals surface area contributed by atoms with Gasteiger partial charge in [0.2, 0.25) is 0 Å². The molecule has 5 heteroatoms. The van der Waals surface area contributed by atoms with Gasteiger partial charge >= 0.3 is 5.97 Å². The Kier molecular flexibility index (Phi) is 7.35. The Morgan fingerprint density at radius 3 is 2.65 bits per heavy atom. The average molecular weight is 318 g/mol. The van der Waals surface area contributed by atoms with Crippen LogP contribution in [0.4, 0.5) is 0 Å². The molecule has 3 nitrogen and oxygen atoms in total. The van der Waals surface area contributed by atoms with E-state index in [9.17, 15) is 4.79 Å². The molecule has 0 fully saturated rings. The van der Waals surface area contributed by atoms with E-state index in [0.717, 1.165) is 24.8 Å². The Morgan fingerprint density at radius 2 is 2.10 bits per heavy atom. The first kappa shape index (κ1) is 17.3. The molecule has 0 amide bonds.